The summed E-state index contributed by atoms with van der Waals surface area (Å²) in [6.45, 7) is 0. The van der Waals surface area contributed by atoms with E-state index in [1.54, 1.807) is 4.90 Å². The van der Waals surface area contributed by atoms with Crippen LogP contribution in [0.5, 0.6) is 0 Å². The van der Waals surface area contributed by atoms with Gasteiger partial charge in [-0.05, 0) is 37.8 Å². The van der Waals surface area contributed by atoms with Crippen molar-refractivity contribution in [2.75, 3.05) is 12.0 Å². The quantitative estimate of drug-likeness (QED) is 0.411. The van der Waals surface area contributed by atoms with Crippen LogP contribution in [0.2, 0.25) is 0 Å². The lowest BCUT2D eigenvalue weighted by molar-refractivity contribution is 0.0600. The highest BCUT2D eigenvalue weighted by Gasteiger charge is 2.44. The van der Waals surface area contributed by atoms with Crippen molar-refractivity contribution in [3.8, 4) is 0 Å². The van der Waals surface area contributed by atoms with Crippen LogP contribution in [0, 0.1) is 0 Å². The standard InChI is InChI=1S/C16H22BN5O4/c1-26-13(23)10-5-6-11(17(24)25)12(9-10)22-15(19)20-14(18)21-16(22)7-3-2-4-8-16/h5-6,9,24-25H,2-4,7-8H2,1H3,(H4,18,19,20,21). The van der Waals surface area contributed by atoms with Crippen molar-refractivity contribution < 1.29 is 19.6 Å². The molecule has 0 aromatic heterocycles. The Morgan fingerprint density at radius 1 is 1.27 bits per heavy atom. The Morgan fingerprint density at radius 2 is 1.96 bits per heavy atom. The number of nitrogens with two attached hydrogens (primary N) is 2. The SMILES string of the molecule is COC(=O)c1ccc(B(O)O)c(N2C(N)=NC(N)=NC23CCCCC3)c1. The van der Waals surface area contributed by atoms with Gasteiger partial charge in [0.15, 0.2) is 0 Å². The van der Waals surface area contributed by atoms with Gasteiger partial charge in [0.1, 0.15) is 5.66 Å². The van der Waals surface area contributed by atoms with Gasteiger partial charge in [-0.15, -0.1) is 0 Å². The highest BCUT2D eigenvalue weighted by atomic mass is 16.5. The fourth-order valence-corrected chi connectivity index (χ4v) is 3.67. The van der Waals surface area contributed by atoms with Gasteiger partial charge in [0.05, 0.1) is 12.7 Å². The smallest absolute Gasteiger partial charge is 0.465 e. The second-order valence-corrected chi connectivity index (χ2v) is 6.46. The van der Waals surface area contributed by atoms with Gasteiger partial charge in [-0.25, -0.2) is 9.79 Å². The van der Waals surface area contributed by atoms with Crippen molar-refractivity contribution >= 4 is 36.2 Å². The molecule has 0 amide bonds. The normalized spacial score (nSPS) is 19.0. The molecule has 2 aliphatic rings. The average molecular weight is 359 g/mol. The molecule has 1 aliphatic heterocycles. The molecule has 1 spiro atoms. The number of ether oxygens (including phenoxy) is 1. The van der Waals surface area contributed by atoms with E-state index in [1.807, 2.05) is 0 Å². The molecule has 1 aliphatic carbocycles. The first kappa shape index (κ1) is 18.2. The summed E-state index contributed by atoms with van der Waals surface area (Å²) in [5.41, 5.74) is 12.1. The molecule has 1 aromatic rings. The number of nitrogens with zero attached hydrogens (tertiary/aromatic N) is 3. The van der Waals surface area contributed by atoms with Crippen molar-refractivity contribution in [2.24, 2.45) is 21.5 Å². The third kappa shape index (κ3) is 3.13. The number of guanidine groups is 2. The second-order valence-electron chi connectivity index (χ2n) is 6.46. The van der Waals surface area contributed by atoms with E-state index in [0.717, 1.165) is 19.3 Å². The average Bonchev–Trinajstić information content (AvgIpc) is 2.60. The number of methoxy groups -OCH3 is 1. The Morgan fingerprint density at radius 3 is 2.58 bits per heavy atom. The molecule has 0 unspecified atom stereocenters. The second kappa shape index (κ2) is 6.97. The number of carbonyl (C=O) groups is 1. The van der Waals surface area contributed by atoms with E-state index < -0.39 is 18.8 Å². The number of rotatable bonds is 3. The number of hydrogen-bond acceptors (Lipinski definition) is 9. The molecule has 3 rings (SSSR count). The van der Waals surface area contributed by atoms with Crippen LogP contribution in [0.3, 0.4) is 0 Å². The van der Waals surface area contributed by atoms with Gasteiger partial charge in [0.25, 0.3) is 0 Å². The molecule has 0 radical (unpaired) electrons. The Balaban J connectivity index is 2.18. The van der Waals surface area contributed by atoms with E-state index in [2.05, 4.69) is 9.98 Å². The molecule has 9 nitrogen and oxygen atoms in total. The Kier molecular flexibility index (Phi) is 4.88. The lowest BCUT2D eigenvalue weighted by Gasteiger charge is -2.46. The molecule has 26 heavy (non-hydrogen) atoms. The fourth-order valence-electron chi connectivity index (χ4n) is 3.67. The zero-order valence-corrected chi connectivity index (χ0v) is 14.6. The van der Waals surface area contributed by atoms with E-state index in [0.29, 0.717) is 18.5 Å². The van der Waals surface area contributed by atoms with Crippen LogP contribution >= 0.6 is 0 Å². The molecular formula is C16H22BN5O4. The summed E-state index contributed by atoms with van der Waals surface area (Å²) < 4.78 is 4.77. The number of carbonyl (C=O) groups excluding carboxylic acids is 1. The minimum atomic E-state index is -1.76. The van der Waals surface area contributed by atoms with Gasteiger partial charge < -0.3 is 26.3 Å². The topological polar surface area (TPSA) is 147 Å². The predicted octanol–water partition coefficient (Wildman–Crippen LogP) is -0.737. The molecule has 0 saturated heterocycles. The summed E-state index contributed by atoms with van der Waals surface area (Å²) in [4.78, 5) is 22.2. The highest BCUT2D eigenvalue weighted by Crippen LogP contribution is 2.39. The third-order valence-corrected chi connectivity index (χ3v) is 4.82. The minimum Gasteiger partial charge on any atom is -0.465 e. The van der Waals surface area contributed by atoms with Crippen LogP contribution in [-0.4, -0.2) is 47.8 Å². The Bertz CT molecular complexity index is 774. The summed E-state index contributed by atoms with van der Waals surface area (Å²) in [5, 5.41) is 19.6. The fraction of sp³-hybridized carbons (Fsp3) is 0.438. The lowest BCUT2D eigenvalue weighted by atomic mass is 9.77. The van der Waals surface area contributed by atoms with Crippen molar-refractivity contribution in [1.29, 1.82) is 0 Å². The number of esters is 1. The first-order valence-corrected chi connectivity index (χ1v) is 8.46. The zero-order valence-electron chi connectivity index (χ0n) is 14.6. The Hall–Kier alpha value is -2.59. The summed E-state index contributed by atoms with van der Waals surface area (Å²) in [7, 11) is -0.477. The van der Waals surface area contributed by atoms with Gasteiger partial charge in [-0.3, -0.25) is 4.90 Å². The molecule has 0 bridgehead atoms. The largest absolute Gasteiger partial charge is 0.490 e. The van der Waals surface area contributed by atoms with Crippen LogP contribution in [0.1, 0.15) is 42.5 Å². The minimum absolute atomic E-state index is 0.0934. The molecule has 1 heterocycles. The van der Waals surface area contributed by atoms with E-state index in [4.69, 9.17) is 16.2 Å². The number of benzene rings is 1. The zero-order chi connectivity index (χ0) is 18.9. The predicted molar refractivity (Wildman–Crippen MR) is 99.1 cm³/mol. The van der Waals surface area contributed by atoms with Crippen LogP contribution in [0.25, 0.3) is 0 Å². The number of anilines is 1. The molecule has 0 atom stereocenters. The maximum Gasteiger partial charge on any atom is 0.490 e. The van der Waals surface area contributed by atoms with Crippen molar-refractivity contribution in [3.63, 3.8) is 0 Å². The monoisotopic (exact) mass is 359 g/mol. The maximum absolute atomic E-state index is 12.0. The first-order chi connectivity index (χ1) is 12.4. The summed E-state index contributed by atoms with van der Waals surface area (Å²) in [6.07, 6.45) is 4.29. The van der Waals surface area contributed by atoms with E-state index >= 15 is 0 Å². The highest BCUT2D eigenvalue weighted by molar-refractivity contribution is 6.61. The maximum atomic E-state index is 12.0. The van der Waals surface area contributed by atoms with E-state index in [-0.39, 0.29) is 22.9 Å². The van der Waals surface area contributed by atoms with Gasteiger partial charge in [-0.2, -0.15) is 4.99 Å². The molecule has 1 aromatic carbocycles. The van der Waals surface area contributed by atoms with E-state index in [9.17, 15) is 14.8 Å². The molecule has 1 saturated carbocycles. The summed E-state index contributed by atoms with van der Waals surface area (Å²) in [5.74, 6) is -0.349. The van der Waals surface area contributed by atoms with Gasteiger partial charge in [0, 0.05) is 11.2 Å². The van der Waals surface area contributed by atoms with Gasteiger partial charge in [0.2, 0.25) is 11.9 Å². The van der Waals surface area contributed by atoms with Gasteiger partial charge in [-0.1, -0.05) is 12.5 Å². The van der Waals surface area contributed by atoms with E-state index in [1.165, 1.54) is 25.3 Å². The third-order valence-electron chi connectivity index (χ3n) is 4.82. The van der Waals surface area contributed by atoms with Crippen LogP contribution in [0.4, 0.5) is 5.69 Å². The van der Waals surface area contributed by atoms with Crippen molar-refractivity contribution in [1.82, 2.24) is 0 Å². The lowest BCUT2D eigenvalue weighted by Crippen LogP contribution is -2.60. The number of hydrogen-bond donors (Lipinski definition) is 4. The van der Waals surface area contributed by atoms with Crippen molar-refractivity contribution in [2.45, 2.75) is 37.8 Å². The van der Waals surface area contributed by atoms with Gasteiger partial charge >= 0.3 is 13.1 Å². The molecule has 1 fully saturated rings. The molecule has 138 valence electrons. The van der Waals surface area contributed by atoms with Crippen LogP contribution in [-0.2, 0) is 4.74 Å². The van der Waals surface area contributed by atoms with Crippen molar-refractivity contribution in [3.05, 3.63) is 23.8 Å². The molecular weight excluding hydrogens is 337 g/mol. The molecule has 6 N–H and O–H groups in total. The van der Waals surface area contributed by atoms with Crippen LogP contribution in [0.15, 0.2) is 28.2 Å². The summed E-state index contributed by atoms with van der Waals surface area (Å²) in [6, 6.07) is 4.43. The van der Waals surface area contributed by atoms with Crippen LogP contribution < -0.4 is 21.8 Å². The Labute approximate surface area is 151 Å². The number of aliphatic imine (C=N–C) groups is 2. The first-order valence-electron chi connectivity index (χ1n) is 8.46. The summed E-state index contributed by atoms with van der Waals surface area (Å²) >= 11 is 0. The molecule has 10 heteroatoms.